The van der Waals surface area contributed by atoms with E-state index < -0.39 is 17.9 Å². The number of epoxide rings is 3. The SMILES string of the molecule is O=C(Oc1ccc(OC(=O)c2ccc(OCCCC3CO3)cc2)c(OC(=O)c2ccc(OCCCC3CO3)cc2)c1)c1ccc(OCCCC2CO2)cc1. The molecule has 3 fully saturated rings. The molecular formula is C42H42O12. The highest BCUT2D eigenvalue weighted by molar-refractivity contribution is 5.94. The van der Waals surface area contributed by atoms with Crippen LogP contribution in [0.4, 0.5) is 0 Å². The Bertz CT molecular complexity index is 1860. The third kappa shape index (κ3) is 11.5. The van der Waals surface area contributed by atoms with Gasteiger partial charge in [-0.3, -0.25) is 0 Å². The van der Waals surface area contributed by atoms with Crippen molar-refractivity contribution in [1.29, 1.82) is 0 Å². The third-order valence-electron chi connectivity index (χ3n) is 8.83. The Balaban J connectivity index is 0.993. The second kappa shape index (κ2) is 18.1. The van der Waals surface area contributed by atoms with Gasteiger partial charge in [-0.15, -0.1) is 0 Å². The summed E-state index contributed by atoms with van der Waals surface area (Å²) in [6, 6.07) is 23.8. The fourth-order valence-corrected chi connectivity index (χ4v) is 5.47. The molecule has 0 saturated carbocycles. The Kier molecular flexibility index (Phi) is 12.3. The van der Waals surface area contributed by atoms with Crippen LogP contribution in [0.25, 0.3) is 0 Å². The summed E-state index contributed by atoms with van der Waals surface area (Å²) in [6.45, 7) is 4.06. The monoisotopic (exact) mass is 738 g/mol. The Hall–Kier alpha value is -5.43. The zero-order valence-corrected chi connectivity index (χ0v) is 29.8. The first-order valence-corrected chi connectivity index (χ1v) is 18.3. The van der Waals surface area contributed by atoms with Gasteiger partial charge in [-0.05, 0) is 123 Å². The molecule has 282 valence electrons. The first-order chi connectivity index (χ1) is 26.4. The molecule has 12 heteroatoms. The number of rotatable bonds is 21. The largest absolute Gasteiger partial charge is 0.494 e. The van der Waals surface area contributed by atoms with Crippen molar-refractivity contribution in [2.24, 2.45) is 0 Å². The van der Waals surface area contributed by atoms with Gasteiger partial charge in [-0.2, -0.15) is 0 Å². The highest BCUT2D eigenvalue weighted by Gasteiger charge is 2.23. The summed E-state index contributed by atoms with van der Waals surface area (Å²) < 4.78 is 50.0. The van der Waals surface area contributed by atoms with Crippen LogP contribution in [0.2, 0.25) is 0 Å². The first-order valence-electron chi connectivity index (χ1n) is 18.3. The van der Waals surface area contributed by atoms with Crippen LogP contribution in [0.5, 0.6) is 34.5 Å². The minimum Gasteiger partial charge on any atom is -0.494 e. The van der Waals surface area contributed by atoms with Gasteiger partial charge in [0, 0.05) is 6.07 Å². The van der Waals surface area contributed by atoms with Crippen molar-refractivity contribution >= 4 is 17.9 Å². The van der Waals surface area contributed by atoms with Crippen LogP contribution in [0.15, 0.2) is 91.0 Å². The van der Waals surface area contributed by atoms with Crippen LogP contribution < -0.4 is 28.4 Å². The summed E-state index contributed by atoms with van der Waals surface area (Å²) in [4.78, 5) is 39.6. The minimum absolute atomic E-state index is 0.0508. The van der Waals surface area contributed by atoms with E-state index >= 15 is 0 Å². The van der Waals surface area contributed by atoms with Gasteiger partial charge in [-0.1, -0.05) is 0 Å². The summed E-state index contributed by atoms with van der Waals surface area (Å²) in [7, 11) is 0. The molecular weight excluding hydrogens is 696 g/mol. The van der Waals surface area contributed by atoms with Crippen molar-refractivity contribution in [3.8, 4) is 34.5 Å². The fourth-order valence-electron chi connectivity index (χ4n) is 5.47. The van der Waals surface area contributed by atoms with Gasteiger partial charge < -0.3 is 42.6 Å². The number of hydrogen-bond donors (Lipinski definition) is 0. The highest BCUT2D eigenvalue weighted by atomic mass is 16.6. The Morgan fingerprint density at radius 1 is 0.444 bits per heavy atom. The molecule has 0 aliphatic carbocycles. The van der Waals surface area contributed by atoms with Gasteiger partial charge in [0.25, 0.3) is 0 Å². The van der Waals surface area contributed by atoms with E-state index in [9.17, 15) is 14.4 Å². The molecule has 0 radical (unpaired) electrons. The smallest absolute Gasteiger partial charge is 0.343 e. The van der Waals surface area contributed by atoms with Crippen molar-refractivity contribution in [2.75, 3.05) is 39.6 Å². The molecule has 4 aromatic rings. The Morgan fingerprint density at radius 2 is 0.778 bits per heavy atom. The average molecular weight is 739 g/mol. The lowest BCUT2D eigenvalue weighted by Crippen LogP contribution is -2.13. The zero-order valence-electron chi connectivity index (χ0n) is 29.8. The maximum atomic E-state index is 13.3. The number of esters is 3. The van der Waals surface area contributed by atoms with E-state index in [-0.39, 0.29) is 33.9 Å². The van der Waals surface area contributed by atoms with Crippen molar-refractivity contribution in [3.63, 3.8) is 0 Å². The standard InChI is InChI=1S/C42H42O12/c43-40(28-7-13-31(14-8-28)46-21-1-4-35-25-49-35)52-34-19-20-38(53-41(44)29-9-15-32(16-10-29)47-22-2-5-36-26-50-36)39(24-34)54-42(45)30-11-17-33(18-12-30)48-23-3-6-37-27-51-37/h7-20,24,35-37H,1-6,21-23,25-27H2. The maximum Gasteiger partial charge on any atom is 0.343 e. The summed E-state index contributed by atoms with van der Waals surface area (Å²) >= 11 is 0. The highest BCUT2D eigenvalue weighted by Crippen LogP contribution is 2.34. The average Bonchev–Trinajstić information content (AvgIpc) is 4.04. The lowest BCUT2D eigenvalue weighted by Gasteiger charge is -2.13. The van der Waals surface area contributed by atoms with Gasteiger partial charge >= 0.3 is 17.9 Å². The maximum absolute atomic E-state index is 13.3. The normalized spacial score (nSPS) is 17.9. The lowest BCUT2D eigenvalue weighted by atomic mass is 10.2. The second-order valence-corrected chi connectivity index (χ2v) is 13.2. The van der Waals surface area contributed by atoms with Crippen molar-refractivity contribution < 1.29 is 57.0 Å². The third-order valence-corrected chi connectivity index (χ3v) is 8.83. The minimum atomic E-state index is -0.719. The predicted molar refractivity (Wildman–Crippen MR) is 194 cm³/mol. The van der Waals surface area contributed by atoms with E-state index in [2.05, 4.69) is 0 Å². The lowest BCUT2D eigenvalue weighted by molar-refractivity contribution is 0.0679. The second-order valence-electron chi connectivity index (χ2n) is 13.2. The molecule has 0 amide bonds. The molecule has 7 rings (SSSR count). The van der Waals surface area contributed by atoms with Crippen LogP contribution >= 0.6 is 0 Å². The Morgan fingerprint density at radius 3 is 1.15 bits per heavy atom. The molecule has 3 saturated heterocycles. The number of hydrogen-bond acceptors (Lipinski definition) is 12. The summed E-state index contributed by atoms with van der Waals surface area (Å²) in [5.41, 5.74) is 0.776. The van der Waals surface area contributed by atoms with E-state index in [1.807, 2.05) is 0 Å². The molecule has 3 aliphatic heterocycles. The van der Waals surface area contributed by atoms with Crippen LogP contribution in [0.3, 0.4) is 0 Å². The van der Waals surface area contributed by atoms with Crippen LogP contribution in [0.1, 0.15) is 69.6 Å². The van der Waals surface area contributed by atoms with Gasteiger partial charge in [0.15, 0.2) is 11.5 Å². The predicted octanol–water partition coefficient (Wildman–Crippen LogP) is 7.02. The molecule has 4 aromatic carbocycles. The van der Waals surface area contributed by atoms with Gasteiger partial charge in [0.1, 0.15) is 23.0 Å². The Labute approximate surface area is 313 Å². The summed E-state index contributed by atoms with van der Waals surface area (Å²) in [6.07, 6.45) is 6.50. The molecule has 0 N–H and O–H groups in total. The summed E-state index contributed by atoms with van der Waals surface area (Å²) in [5.74, 6) is -0.289. The molecule has 12 nitrogen and oxygen atoms in total. The van der Waals surface area contributed by atoms with E-state index in [0.717, 1.165) is 58.3 Å². The molecule has 3 unspecified atom stereocenters. The van der Waals surface area contributed by atoms with Crippen molar-refractivity contribution in [2.45, 2.75) is 56.8 Å². The zero-order chi connectivity index (χ0) is 37.1. The molecule has 54 heavy (non-hydrogen) atoms. The topological polar surface area (TPSA) is 144 Å². The number of carbonyl (C=O) groups excluding carboxylic acids is 3. The van der Waals surface area contributed by atoms with Gasteiger partial charge in [-0.25, -0.2) is 14.4 Å². The molecule has 3 aliphatic rings. The van der Waals surface area contributed by atoms with Crippen molar-refractivity contribution in [3.05, 3.63) is 108 Å². The van der Waals surface area contributed by atoms with Crippen LogP contribution in [-0.4, -0.2) is 75.9 Å². The van der Waals surface area contributed by atoms with E-state index in [1.54, 1.807) is 72.8 Å². The van der Waals surface area contributed by atoms with E-state index in [4.69, 9.17) is 42.6 Å². The first kappa shape index (κ1) is 36.9. The van der Waals surface area contributed by atoms with Gasteiger partial charge in [0.05, 0.1) is 74.6 Å². The number of carbonyl (C=O) groups is 3. The quantitative estimate of drug-likeness (QED) is 0.0375. The van der Waals surface area contributed by atoms with E-state index in [1.165, 1.54) is 18.2 Å². The van der Waals surface area contributed by atoms with Gasteiger partial charge in [0.2, 0.25) is 0 Å². The van der Waals surface area contributed by atoms with Crippen molar-refractivity contribution in [1.82, 2.24) is 0 Å². The fraction of sp³-hybridized carbons (Fsp3) is 0.357. The number of ether oxygens (including phenoxy) is 9. The van der Waals surface area contributed by atoms with E-state index in [0.29, 0.717) is 55.4 Å². The molecule has 3 heterocycles. The molecule has 0 bridgehead atoms. The van der Waals surface area contributed by atoms with Crippen LogP contribution in [0, 0.1) is 0 Å². The van der Waals surface area contributed by atoms with Crippen LogP contribution in [-0.2, 0) is 14.2 Å². The summed E-state index contributed by atoms with van der Waals surface area (Å²) in [5, 5.41) is 0. The molecule has 0 spiro atoms. The molecule has 0 aromatic heterocycles. The molecule has 3 atom stereocenters. The number of benzene rings is 4.